The van der Waals surface area contributed by atoms with Gasteiger partial charge in [-0.05, 0) is 48.9 Å². The van der Waals surface area contributed by atoms with Crippen molar-refractivity contribution in [1.29, 1.82) is 5.26 Å². The van der Waals surface area contributed by atoms with Gasteiger partial charge in [-0.25, -0.2) is 0 Å². The maximum Gasteiger partial charge on any atom is 0.416 e. The summed E-state index contributed by atoms with van der Waals surface area (Å²) < 4.78 is 38.3. The van der Waals surface area contributed by atoms with Gasteiger partial charge in [0.25, 0.3) is 0 Å². The summed E-state index contributed by atoms with van der Waals surface area (Å²) in [6, 6.07) is 9.98. The summed E-state index contributed by atoms with van der Waals surface area (Å²) in [6.07, 6.45) is -3.03. The van der Waals surface area contributed by atoms with E-state index in [9.17, 15) is 23.2 Å². The Hall–Kier alpha value is -3.60. The van der Waals surface area contributed by atoms with Gasteiger partial charge in [0.15, 0.2) is 0 Å². The standard InChI is InChI=1S/C20H15F3N4O/c1-11-7-18-16(8-17(11)26-12(2)28)19(13(9-24)10-25-18)27-15-5-3-14(4-6-15)20(21,22)23/h3-8,10H,1-2H3,(H,25,27)(H,26,28). The molecule has 142 valence electrons. The van der Waals surface area contributed by atoms with Crippen LogP contribution in [0.1, 0.15) is 23.6 Å². The predicted molar refractivity (Wildman–Crippen MR) is 100 cm³/mol. The molecule has 0 bridgehead atoms. The summed E-state index contributed by atoms with van der Waals surface area (Å²) in [6.45, 7) is 3.20. The predicted octanol–water partition coefficient (Wildman–Crippen LogP) is 5.14. The minimum Gasteiger partial charge on any atom is -0.354 e. The number of carbonyl (C=O) groups excluding carboxylic acids is 1. The van der Waals surface area contributed by atoms with Crippen molar-refractivity contribution < 1.29 is 18.0 Å². The molecule has 0 unspecified atom stereocenters. The van der Waals surface area contributed by atoms with Gasteiger partial charge in [0, 0.05) is 29.9 Å². The zero-order valence-electron chi connectivity index (χ0n) is 15.0. The molecule has 0 radical (unpaired) electrons. The van der Waals surface area contributed by atoms with Gasteiger partial charge in [0.2, 0.25) is 5.91 Å². The Morgan fingerprint density at radius 2 is 1.86 bits per heavy atom. The molecule has 0 saturated carbocycles. The minimum absolute atomic E-state index is 0.227. The van der Waals surface area contributed by atoms with E-state index >= 15 is 0 Å². The fourth-order valence-corrected chi connectivity index (χ4v) is 2.77. The first-order chi connectivity index (χ1) is 13.2. The molecule has 0 atom stereocenters. The van der Waals surface area contributed by atoms with E-state index in [-0.39, 0.29) is 11.5 Å². The summed E-state index contributed by atoms with van der Waals surface area (Å²) in [5.74, 6) is -0.246. The van der Waals surface area contributed by atoms with Gasteiger partial charge in [-0.3, -0.25) is 9.78 Å². The number of hydrogen-bond donors (Lipinski definition) is 2. The van der Waals surface area contributed by atoms with Crippen LogP contribution in [-0.4, -0.2) is 10.9 Å². The summed E-state index contributed by atoms with van der Waals surface area (Å²) in [7, 11) is 0. The Kier molecular flexibility index (Phi) is 4.92. The molecule has 0 aliphatic heterocycles. The van der Waals surface area contributed by atoms with Gasteiger partial charge in [0.1, 0.15) is 6.07 Å². The van der Waals surface area contributed by atoms with Crippen LogP contribution in [0, 0.1) is 18.3 Å². The highest BCUT2D eigenvalue weighted by Gasteiger charge is 2.30. The number of nitrogens with one attached hydrogen (secondary N) is 2. The molecule has 28 heavy (non-hydrogen) atoms. The fourth-order valence-electron chi connectivity index (χ4n) is 2.77. The highest BCUT2D eigenvalue weighted by Crippen LogP contribution is 2.34. The molecule has 0 spiro atoms. The van der Waals surface area contributed by atoms with E-state index in [1.165, 1.54) is 25.3 Å². The van der Waals surface area contributed by atoms with Crippen molar-refractivity contribution in [2.24, 2.45) is 0 Å². The number of nitriles is 1. The second-order valence-electron chi connectivity index (χ2n) is 6.22. The van der Waals surface area contributed by atoms with Crippen molar-refractivity contribution in [3.05, 3.63) is 59.3 Å². The number of aryl methyl sites for hydroxylation is 1. The molecule has 0 aliphatic rings. The summed E-state index contributed by atoms with van der Waals surface area (Å²) >= 11 is 0. The van der Waals surface area contributed by atoms with Crippen molar-refractivity contribution in [3.63, 3.8) is 0 Å². The van der Waals surface area contributed by atoms with Crippen molar-refractivity contribution in [3.8, 4) is 6.07 Å². The molecule has 0 fully saturated rings. The topological polar surface area (TPSA) is 77.8 Å². The third-order valence-electron chi connectivity index (χ3n) is 4.13. The van der Waals surface area contributed by atoms with E-state index in [2.05, 4.69) is 15.6 Å². The zero-order valence-corrected chi connectivity index (χ0v) is 15.0. The maximum atomic E-state index is 12.8. The largest absolute Gasteiger partial charge is 0.416 e. The molecule has 0 saturated heterocycles. The molecular formula is C20H15F3N4O. The number of anilines is 3. The molecule has 5 nitrogen and oxygen atoms in total. The summed E-state index contributed by atoms with van der Waals surface area (Å²) in [5, 5.41) is 15.7. The highest BCUT2D eigenvalue weighted by atomic mass is 19.4. The Morgan fingerprint density at radius 3 is 2.43 bits per heavy atom. The first-order valence-corrected chi connectivity index (χ1v) is 8.24. The van der Waals surface area contributed by atoms with Crippen molar-refractivity contribution in [2.75, 3.05) is 10.6 Å². The zero-order chi connectivity index (χ0) is 20.5. The maximum absolute atomic E-state index is 12.8. The van der Waals surface area contributed by atoms with E-state index in [0.29, 0.717) is 28.0 Å². The number of aromatic nitrogens is 1. The van der Waals surface area contributed by atoms with Crippen molar-refractivity contribution in [2.45, 2.75) is 20.0 Å². The van der Waals surface area contributed by atoms with E-state index < -0.39 is 11.7 Å². The molecule has 3 aromatic rings. The molecule has 8 heteroatoms. The van der Waals surface area contributed by atoms with Crippen LogP contribution < -0.4 is 10.6 Å². The van der Waals surface area contributed by atoms with Crippen LogP contribution in [0.5, 0.6) is 0 Å². The molecule has 0 aliphatic carbocycles. The van der Waals surface area contributed by atoms with E-state index in [4.69, 9.17) is 0 Å². The van der Waals surface area contributed by atoms with Gasteiger partial charge in [-0.15, -0.1) is 0 Å². The average Bonchev–Trinajstić information content (AvgIpc) is 2.62. The van der Waals surface area contributed by atoms with Crippen LogP contribution in [0.15, 0.2) is 42.6 Å². The highest BCUT2D eigenvalue weighted by molar-refractivity contribution is 6.00. The second kappa shape index (κ2) is 7.19. The Balaban J connectivity index is 2.10. The number of carbonyl (C=O) groups is 1. The Bertz CT molecular complexity index is 1100. The van der Waals surface area contributed by atoms with Crippen LogP contribution in [0.25, 0.3) is 10.9 Å². The fraction of sp³-hybridized carbons (Fsp3) is 0.150. The lowest BCUT2D eigenvalue weighted by atomic mass is 10.1. The lowest BCUT2D eigenvalue weighted by molar-refractivity contribution is -0.137. The first-order valence-electron chi connectivity index (χ1n) is 8.24. The average molecular weight is 384 g/mol. The second-order valence-corrected chi connectivity index (χ2v) is 6.22. The lowest BCUT2D eigenvalue weighted by Gasteiger charge is -2.15. The number of fused-ring (bicyclic) bond motifs is 1. The number of nitrogens with zero attached hydrogens (tertiary/aromatic N) is 2. The molecule has 3 rings (SSSR count). The molecule has 2 aromatic carbocycles. The number of hydrogen-bond acceptors (Lipinski definition) is 4. The van der Waals surface area contributed by atoms with Crippen LogP contribution >= 0.6 is 0 Å². The van der Waals surface area contributed by atoms with Crippen LogP contribution in [0.2, 0.25) is 0 Å². The molecular weight excluding hydrogens is 369 g/mol. The van der Waals surface area contributed by atoms with Crippen LogP contribution in [0.4, 0.5) is 30.2 Å². The number of benzene rings is 2. The smallest absolute Gasteiger partial charge is 0.354 e. The van der Waals surface area contributed by atoms with Gasteiger partial charge >= 0.3 is 6.18 Å². The van der Waals surface area contributed by atoms with Crippen molar-refractivity contribution in [1.82, 2.24) is 4.98 Å². The Morgan fingerprint density at radius 1 is 1.18 bits per heavy atom. The summed E-state index contributed by atoms with van der Waals surface area (Å²) in [5.41, 5.74) is 2.19. The van der Waals surface area contributed by atoms with E-state index in [1.54, 1.807) is 12.1 Å². The normalized spacial score (nSPS) is 11.1. The van der Waals surface area contributed by atoms with Crippen LogP contribution in [-0.2, 0) is 11.0 Å². The van der Waals surface area contributed by atoms with Gasteiger partial charge in [0.05, 0.1) is 22.3 Å². The summed E-state index contributed by atoms with van der Waals surface area (Å²) in [4.78, 5) is 15.7. The molecule has 2 N–H and O–H groups in total. The van der Waals surface area contributed by atoms with Gasteiger partial charge in [-0.1, -0.05) is 0 Å². The molecule has 1 amide bonds. The van der Waals surface area contributed by atoms with Gasteiger partial charge < -0.3 is 10.6 Å². The third kappa shape index (κ3) is 3.88. The van der Waals surface area contributed by atoms with E-state index in [0.717, 1.165) is 17.7 Å². The SMILES string of the molecule is CC(=O)Nc1cc2c(Nc3ccc(C(F)(F)F)cc3)c(C#N)cnc2cc1C. The first kappa shape index (κ1) is 19.2. The van der Waals surface area contributed by atoms with E-state index in [1.807, 2.05) is 13.0 Å². The molecule has 1 heterocycles. The monoisotopic (exact) mass is 384 g/mol. The minimum atomic E-state index is -4.43. The number of rotatable bonds is 3. The quantitative estimate of drug-likeness (QED) is 0.656. The molecule has 1 aromatic heterocycles. The van der Waals surface area contributed by atoms with Crippen LogP contribution in [0.3, 0.4) is 0 Å². The van der Waals surface area contributed by atoms with Crippen molar-refractivity contribution >= 4 is 33.9 Å². The van der Waals surface area contributed by atoms with Gasteiger partial charge in [-0.2, -0.15) is 18.4 Å². The lowest BCUT2D eigenvalue weighted by Crippen LogP contribution is -2.07. The number of alkyl halides is 3. The third-order valence-corrected chi connectivity index (χ3v) is 4.13. The number of amides is 1. The number of halogens is 3. The number of pyridine rings is 1. The Labute approximate surface area is 158 Å².